The molecule has 1 heterocycles. The third-order valence-corrected chi connectivity index (χ3v) is 5.02. The van der Waals surface area contributed by atoms with Crippen LogP contribution in [0.1, 0.15) is 11.1 Å². The SMILES string of the molecule is CN(C)c1ccc(/C=C/CN2CCN(C/C=C/c3ccccc3)CC2)cc1. The second kappa shape index (κ2) is 10.1. The molecule has 0 saturated carbocycles. The third kappa shape index (κ3) is 6.38. The van der Waals surface area contributed by atoms with E-state index in [1.807, 2.05) is 0 Å². The summed E-state index contributed by atoms with van der Waals surface area (Å²) in [5.41, 5.74) is 3.79. The fraction of sp³-hybridized carbons (Fsp3) is 0.333. The molecule has 0 unspecified atom stereocenters. The van der Waals surface area contributed by atoms with E-state index in [4.69, 9.17) is 0 Å². The van der Waals surface area contributed by atoms with Crippen molar-refractivity contribution in [3.8, 4) is 0 Å². The predicted molar refractivity (Wildman–Crippen MR) is 118 cm³/mol. The Morgan fingerprint density at radius 2 is 1.19 bits per heavy atom. The third-order valence-electron chi connectivity index (χ3n) is 5.02. The fourth-order valence-corrected chi connectivity index (χ4v) is 3.28. The number of anilines is 1. The van der Waals surface area contributed by atoms with Gasteiger partial charge < -0.3 is 4.90 Å². The molecule has 0 aliphatic carbocycles. The van der Waals surface area contributed by atoms with Crippen molar-refractivity contribution in [2.45, 2.75) is 0 Å². The molecular weight excluding hydrogens is 330 g/mol. The van der Waals surface area contributed by atoms with Crippen LogP contribution in [0.3, 0.4) is 0 Å². The first kappa shape index (κ1) is 19.4. The van der Waals surface area contributed by atoms with E-state index in [-0.39, 0.29) is 0 Å². The smallest absolute Gasteiger partial charge is 0.0361 e. The number of piperazine rings is 1. The van der Waals surface area contributed by atoms with Crippen molar-refractivity contribution in [1.82, 2.24) is 9.80 Å². The maximum absolute atomic E-state index is 2.53. The summed E-state index contributed by atoms with van der Waals surface area (Å²) in [6.07, 6.45) is 9.02. The van der Waals surface area contributed by atoms with Crippen LogP contribution in [0.4, 0.5) is 5.69 Å². The predicted octanol–water partition coefficient (Wildman–Crippen LogP) is 4.10. The Balaban J connectivity index is 1.37. The number of rotatable bonds is 7. The van der Waals surface area contributed by atoms with Crippen molar-refractivity contribution in [2.75, 3.05) is 58.3 Å². The van der Waals surface area contributed by atoms with Gasteiger partial charge in [0.1, 0.15) is 0 Å². The molecule has 27 heavy (non-hydrogen) atoms. The molecule has 1 aliphatic rings. The molecule has 1 aliphatic heterocycles. The molecular formula is C24H31N3. The molecule has 0 aromatic heterocycles. The molecule has 2 aromatic rings. The van der Waals surface area contributed by atoms with Crippen molar-refractivity contribution < 1.29 is 0 Å². The van der Waals surface area contributed by atoms with Gasteiger partial charge in [-0.15, -0.1) is 0 Å². The van der Waals surface area contributed by atoms with Gasteiger partial charge in [0.25, 0.3) is 0 Å². The summed E-state index contributed by atoms with van der Waals surface area (Å²) in [4.78, 5) is 7.18. The van der Waals surface area contributed by atoms with Gasteiger partial charge in [-0.3, -0.25) is 9.80 Å². The van der Waals surface area contributed by atoms with Crippen LogP contribution in [0.2, 0.25) is 0 Å². The number of hydrogen-bond acceptors (Lipinski definition) is 3. The molecule has 3 heteroatoms. The van der Waals surface area contributed by atoms with Crippen LogP contribution in [0.15, 0.2) is 66.7 Å². The molecule has 0 spiro atoms. The lowest BCUT2D eigenvalue weighted by molar-refractivity contribution is 0.154. The Labute approximate surface area is 164 Å². The Bertz CT molecular complexity index is 724. The molecule has 2 aromatic carbocycles. The Hall–Kier alpha value is -2.36. The highest BCUT2D eigenvalue weighted by Gasteiger charge is 2.14. The fourth-order valence-electron chi connectivity index (χ4n) is 3.28. The summed E-state index contributed by atoms with van der Waals surface area (Å²) in [5.74, 6) is 0. The largest absolute Gasteiger partial charge is 0.378 e. The van der Waals surface area contributed by atoms with Gasteiger partial charge in [0, 0.05) is 59.1 Å². The van der Waals surface area contributed by atoms with Crippen LogP contribution in [-0.2, 0) is 0 Å². The van der Waals surface area contributed by atoms with E-state index in [2.05, 4.69) is 108 Å². The quantitative estimate of drug-likeness (QED) is 0.735. The second-order valence-corrected chi connectivity index (χ2v) is 7.30. The molecule has 3 nitrogen and oxygen atoms in total. The van der Waals surface area contributed by atoms with Gasteiger partial charge >= 0.3 is 0 Å². The Morgan fingerprint density at radius 1 is 0.704 bits per heavy atom. The van der Waals surface area contributed by atoms with Gasteiger partial charge in [0.2, 0.25) is 0 Å². The standard InChI is InChI=1S/C24H31N3/c1-25(2)24-14-12-23(13-15-24)11-7-17-27-20-18-26(19-21-27)16-6-10-22-8-4-3-5-9-22/h3-15H,16-21H2,1-2H3/b10-6+,11-7+. The number of benzene rings is 2. The maximum Gasteiger partial charge on any atom is 0.0361 e. The van der Waals surface area contributed by atoms with E-state index in [1.54, 1.807) is 0 Å². The van der Waals surface area contributed by atoms with Crippen LogP contribution < -0.4 is 4.90 Å². The van der Waals surface area contributed by atoms with E-state index in [9.17, 15) is 0 Å². The topological polar surface area (TPSA) is 9.72 Å². The summed E-state index contributed by atoms with van der Waals surface area (Å²) in [6.45, 7) is 6.64. The molecule has 0 N–H and O–H groups in total. The second-order valence-electron chi connectivity index (χ2n) is 7.30. The summed E-state index contributed by atoms with van der Waals surface area (Å²) >= 11 is 0. The van der Waals surface area contributed by atoms with E-state index in [0.717, 1.165) is 39.3 Å². The van der Waals surface area contributed by atoms with Crippen LogP contribution in [0.25, 0.3) is 12.2 Å². The van der Waals surface area contributed by atoms with Gasteiger partial charge in [-0.2, -0.15) is 0 Å². The monoisotopic (exact) mass is 361 g/mol. The van der Waals surface area contributed by atoms with Crippen LogP contribution in [0.5, 0.6) is 0 Å². The molecule has 1 fully saturated rings. The van der Waals surface area contributed by atoms with E-state index in [0.29, 0.717) is 0 Å². The number of nitrogens with zero attached hydrogens (tertiary/aromatic N) is 3. The Morgan fingerprint density at radius 3 is 1.67 bits per heavy atom. The molecule has 0 amide bonds. The van der Waals surface area contributed by atoms with Crippen LogP contribution in [-0.4, -0.2) is 63.2 Å². The van der Waals surface area contributed by atoms with E-state index < -0.39 is 0 Å². The molecule has 0 bridgehead atoms. The highest BCUT2D eigenvalue weighted by Crippen LogP contribution is 2.13. The Kier molecular flexibility index (Phi) is 7.26. The molecule has 3 rings (SSSR count). The average Bonchev–Trinajstić information content (AvgIpc) is 2.70. The van der Waals surface area contributed by atoms with Crippen molar-refractivity contribution in [1.29, 1.82) is 0 Å². The molecule has 1 saturated heterocycles. The number of hydrogen-bond donors (Lipinski definition) is 0. The first-order valence-electron chi connectivity index (χ1n) is 9.81. The van der Waals surface area contributed by atoms with Gasteiger partial charge in [0.15, 0.2) is 0 Å². The summed E-state index contributed by atoms with van der Waals surface area (Å²) in [5, 5.41) is 0. The van der Waals surface area contributed by atoms with Crippen LogP contribution >= 0.6 is 0 Å². The van der Waals surface area contributed by atoms with Crippen molar-refractivity contribution >= 4 is 17.8 Å². The minimum absolute atomic E-state index is 1.03. The molecule has 0 atom stereocenters. The van der Waals surface area contributed by atoms with Crippen LogP contribution in [0, 0.1) is 0 Å². The first-order valence-corrected chi connectivity index (χ1v) is 9.81. The van der Waals surface area contributed by atoms with Crippen molar-refractivity contribution in [3.05, 3.63) is 77.9 Å². The zero-order valence-electron chi connectivity index (χ0n) is 16.6. The van der Waals surface area contributed by atoms with Crippen molar-refractivity contribution in [3.63, 3.8) is 0 Å². The minimum atomic E-state index is 1.03. The van der Waals surface area contributed by atoms with Gasteiger partial charge in [0.05, 0.1) is 0 Å². The highest BCUT2D eigenvalue weighted by atomic mass is 15.3. The zero-order chi connectivity index (χ0) is 18.9. The lowest BCUT2D eigenvalue weighted by Gasteiger charge is -2.33. The lowest BCUT2D eigenvalue weighted by Crippen LogP contribution is -2.46. The van der Waals surface area contributed by atoms with E-state index in [1.165, 1.54) is 16.8 Å². The normalized spacial score (nSPS) is 16.4. The first-order chi connectivity index (χ1) is 13.2. The van der Waals surface area contributed by atoms with Gasteiger partial charge in [-0.25, -0.2) is 0 Å². The average molecular weight is 362 g/mol. The van der Waals surface area contributed by atoms with Gasteiger partial charge in [-0.05, 0) is 23.3 Å². The van der Waals surface area contributed by atoms with E-state index >= 15 is 0 Å². The minimum Gasteiger partial charge on any atom is -0.378 e. The lowest BCUT2D eigenvalue weighted by atomic mass is 10.2. The summed E-state index contributed by atoms with van der Waals surface area (Å²) < 4.78 is 0. The highest BCUT2D eigenvalue weighted by molar-refractivity contribution is 5.55. The molecule has 142 valence electrons. The molecule has 0 radical (unpaired) electrons. The maximum atomic E-state index is 2.53. The van der Waals surface area contributed by atoms with Crippen molar-refractivity contribution in [2.24, 2.45) is 0 Å². The zero-order valence-corrected chi connectivity index (χ0v) is 16.6. The van der Waals surface area contributed by atoms with Gasteiger partial charge in [-0.1, -0.05) is 66.8 Å². The summed E-state index contributed by atoms with van der Waals surface area (Å²) in [6, 6.07) is 19.2. The summed E-state index contributed by atoms with van der Waals surface area (Å²) in [7, 11) is 4.14.